The van der Waals surface area contributed by atoms with E-state index < -0.39 is 16.1 Å². The van der Waals surface area contributed by atoms with Crippen molar-refractivity contribution in [1.82, 2.24) is 9.71 Å². The molecule has 2 aromatic heterocycles. The van der Waals surface area contributed by atoms with Crippen LogP contribution in [0.25, 0.3) is 0 Å². The standard InChI is InChI=1S/C11H13BrN2O3S2/c1-6-4-9(18-10(6)12)19(15,16)14-8(3)11-13-5-7(2)17-11/h4-5,8,14H,1-3H3. The molecule has 0 aliphatic carbocycles. The topological polar surface area (TPSA) is 72.2 Å². The van der Waals surface area contributed by atoms with Gasteiger partial charge in [0.25, 0.3) is 10.0 Å². The zero-order valence-corrected chi connectivity index (χ0v) is 13.8. The predicted octanol–water partition coefficient (Wildman–Crippen LogP) is 3.15. The second-order valence-corrected chi connectivity index (χ2v) is 8.49. The minimum Gasteiger partial charge on any atom is -0.444 e. The van der Waals surface area contributed by atoms with E-state index in [1.54, 1.807) is 26.1 Å². The van der Waals surface area contributed by atoms with Gasteiger partial charge in [0.2, 0.25) is 5.89 Å². The van der Waals surface area contributed by atoms with Crippen molar-refractivity contribution in [2.45, 2.75) is 31.0 Å². The average Bonchev–Trinajstić information content (AvgIpc) is 2.86. The third-order valence-electron chi connectivity index (χ3n) is 2.44. The highest BCUT2D eigenvalue weighted by Gasteiger charge is 2.23. The van der Waals surface area contributed by atoms with Crippen LogP contribution in [-0.2, 0) is 10.0 Å². The van der Waals surface area contributed by atoms with Crippen molar-refractivity contribution < 1.29 is 12.8 Å². The lowest BCUT2D eigenvalue weighted by atomic mass is 10.4. The van der Waals surface area contributed by atoms with Crippen molar-refractivity contribution in [3.8, 4) is 0 Å². The molecule has 0 spiro atoms. The van der Waals surface area contributed by atoms with Crippen molar-refractivity contribution in [3.63, 3.8) is 0 Å². The van der Waals surface area contributed by atoms with Gasteiger partial charge in [-0.1, -0.05) is 0 Å². The molecule has 2 aromatic rings. The molecule has 0 amide bonds. The number of aromatic nitrogens is 1. The Bertz CT molecular complexity index is 671. The zero-order valence-electron chi connectivity index (χ0n) is 10.6. The van der Waals surface area contributed by atoms with Gasteiger partial charge in [-0.05, 0) is 48.3 Å². The third-order valence-corrected chi connectivity index (χ3v) is 6.59. The smallest absolute Gasteiger partial charge is 0.250 e. The first-order valence-corrected chi connectivity index (χ1v) is 8.59. The Balaban J connectivity index is 2.22. The van der Waals surface area contributed by atoms with Gasteiger partial charge in [0, 0.05) is 0 Å². The van der Waals surface area contributed by atoms with E-state index in [0.29, 0.717) is 11.7 Å². The molecule has 1 atom stereocenters. The van der Waals surface area contributed by atoms with E-state index in [1.165, 1.54) is 11.3 Å². The molecule has 0 aromatic carbocycles. The highest BCUT2D eigenvalue weighted by atomic mass is 79.9. The van der Waals surface area contributed by atoms with Crippen LogP contribution in [0.1, 0.15) is 30.2 Å². The first-order chi connectivity index (χ1) is 8.79. The van der Waals surface area contributed by atoms with Gasteiger partial charge >= 0.3 is 0 Å². The Morgan fingerprint density at radius 1 is 1.47 bits per heavy atom. The first-order valence-electron chi connectivity index (χ1n) is 5.50. The van der Waals surface area contributed by atoms with Gasteiger partial charge in [-0.25, -0.2) is 13.4 Å². The summed E-state index contributed by atoms with van der Waals surface area (Å²) >= 11 is 4.50. The van der Waals surface area contributed by atoms with E-state index in [9.17, 15) is 8.42 Å². The highest BCUT2D eigenvalue weighted by molar-refractivity contribution is 9.11. The van der Waals surface area contributed by atoms with E-state index in [1.807, 2.05) is 6.92 Å². The molecule has 1 N–H and O–H groups in total. The maximum atomic E-state index is 12.2. The third kappa shape index (κ3) is 3.25. The summed E-state index contributed by atoms with van der Waals surface area (Å²) in [5.74, 6) is 1.00. The Morgan fingerprint density at radius 2 is 2.16 bits per heavy atom. The number of nitrogens with zero attached hydrogens (tertiary/aromatic N) is 1. The molecule has 2 heterocycles. The number of hydrogen-bond donors (Lipinski definition) is 1. The number of oxazole rings is 1. The molecule has 0 radical (unpaired) electrons. The minimum atomic E-state index is -3.56. The van der Waals surface area contributed by atoms with Crippen LogP contribution in [0, 0.1) is 13.8 Å². The summed E-state index contributed by atoms with van der Waals surface area (Å²) in [5.41, 5.74) is 0.894. The first kappa shape index (κ1) is 14.7. The van der Waals surface area contributed by atoms with E-state index in [4.69, 9.17) is 4.42 Å². The Hall–Kier alpha value is -0.700. The molecular formula is C11H13BrN2O3S2. The lowest BCUT2D eigenvalue weighted by Crippen LogP contribution is -2.26. The molecule has 2 rings (SSSR count). The molecule has 0 aliphatic heterocycles. The average molecular weight is 365 g/mol. The second kappa shape index (κ2) is 5.35. The van der Waals surface area contributed by atoms with Crippen molar-refractivity contribution in [3.05, 3.63) is 33.3 Å². The summed E-state index contributed by atoms with van der Waals surface area (Å²) in [5, 5.41) is 0. The predicted molar refractivity (Wildman–Crippen MR) is 76.7 cm³/mol. The molecule has 0 aliphatic rings. The van der Waals surface area contributed by atoms with Gasteiger partial charge in [0.05, 0.1) is 16.0 Å². The van der Waals surface area contributed by atoms with Gasteiger partial charge in [-0.3, -0.25) is 0 Å². The van der Waals surface area contributed by atoms with Gasteiger partial charge in [-0.15, -0.1) is 11.3 Å². The summed E-state index contributed by atoms with van der Waals surface area (Å²) < 4.78 is 33.3. The normalized spacial score (nSPS) is 13.7. The Kier molecular flexibility index (Phi) is 4.14. The minimum absolute atomic E-state index is 0.270. The quantitative estimate of drug-likeness (QED) is 0.904. The Labute approximate surface area is 124 Å². The van der Waals surface area contributed by atoms with Crippen LogP contribution in [0.4, 0.5) is 0 Å². The fourth-order valence-corrected chi connectivity index (χ4v) is 4.92. The van der Waals surface area contributed by atoms with Crippen LogP contribution in [0.5, 0.6) is 0 Å². The van der Waals surface area contributed by atoms with Crippen LogP contribution in [-0.4, -0.2) is 13.4 Å². The number of sulfonamides is 1. The van der Waals surface area contributed by atoms with Crippen LogP contribution >= 0.6 is 27.3 Å². The molecule has 0 bridgehead atoms. The second-order valence-electron chi connectivity index (χ2n) is 4.17. The van der Waals surface area contributed by atoms with Crippen LogP contribution in [0.15, 0.2) is 24.7 Å². The van der Waals surface area contributed by atoms with Crippen molar-refractivity contribution in [1.29, 1.82) is 0 Å². The molecule has 0 saturated carbocycles. The highest BCUT2D eigenvalue weighted by Crippen LogP contribution is 2.31. The maximum Gasteiger partial charge on any atom is 0.250 e. The number of rotatable bonds is 4. The lowest BCUT2D eigenvalue weighted by molar-refractivity contribution is 0.428. The van der Waals surface area contributed by atoms with Crippen molar-refractivity contribution in [2.75, 3.05) is 0 Å². The fourth-order valence-electron chi connectivity index (χ4n) is 1.48. The summed E-state index contributed by atoms with van der Waals surface area (Å²) in [6, 6.07) is 1.12. The number of aryl methyl sites for hydroxylation is 2. The lowest BCUT2D eigenvalue weighted by Gasteiger charge is -2.09. The van der Waals surface area contributed by atoms with Gasteiger partial charge in [0.15, 0.2) is 0 Å². The zero-order chi connectivity index (χ0) is 14.2. The molecular weight excluding hydrogens is 352 g/mol. The summed E-state index contributed by atoms with van der Waals surface area (Å²) in [7, 11) is -3.56. The molecule has 8 heteroatoms. The van der Waals surface area contributed by atoms with E-state index in [-0.39, 0.29) is 4.21 Å². The van der Waals surface area contributed by atoms with Crippen LogP contribution < -0.4 is 4.72 Å². The molecule has 0 fully saturated rings. The van der Waals surface area contributed by atoms with Crippen molar-refractivity contribution >= 4 is 37.3 Å². The maximum absolute atomic E-state index is 12.2. The van der Waals surface area contributed by atoms with Gasteiger partial charge in [-0.2, -0.15) is 4.72 Å². The van der Waals surface area contributed by atoms with Crippen molar-refractivity contribution in [2.24, 2.45) is 0 Å². The fraction of sp³-hybridized carbons (Fsp3) is 0.364. The molecule has 0 saturated heterocycles. The molecule has 1 unspecified atom stereocenters. The van der Waals surface area contributed by atoms with Crippen LogP contribution in [0.2, 0.25) is 0 Å². The summed E-state index contributed by atoms with van der Waals surface area (Å²) in [4.78, 5) is 4.02. The van der Waals surface area contributed by atoms with E-state index in [2.05, 4.69) is 25.6 Å². The largest absolute Gasteiger partial charge is 0.444 e. The summed E-state index contributed by atoms with van der Waals surface area (Å²) in [6.07, 6.45) is 1.56. The number of nitrogens with one attached hydrogen (secondary N) is 1. The number of thiophene rings is 1. The van der Waals surface area contributed by atoms with Crippen LogP contribution in [0.3, 0.4) is 0 Å². The number of halogens is 1. The van der Waals surface area contributed by atoms with E-state index in [0.717, 1.165) is 9.35 Å². The SMILES string of the molecule is Cc1cnc(C(C)NS(=O)(=O)c2cc(C)c(Br)s2)o1. The molecule has 5 nitrogen and oxygen atoms in total. The number of hydrogen-bond acceptors (Lipinski definition) is 5. The monoisotopic (exact) mass is 364 g/mol. The van der Waals surface area contributed by atoms with E-state index >= 15 is 0 Å². The molecule has 19 heavy (non-hydrogen) atoms. The van der Waals surface area contributed by atoms with Gasteiger partial charge < -0.3 is 4.42 Å². The molecule has 104 valence electrons. The van der Waals surface area contributed by atoms with Gasteiger partial charge in [0.1, 0.15) is 9.97 Å². The Morgan fingerprint density at radius 3 is 2.63 bits per heavy atom. The summed E-state index contributed by atoms with van der Waals surface area (Å²) in [6.45, 7) is 5.30.